The molecule has 12 rings (SSSR count). The third-order valence-electron chi connectivity index (χ3n) is 16.4. The summed E-state index contributed by atoms with van der Waals surface area (Å²) in [4.78, 5) is 0. The summed E-state index contributed by atoms with van der Waals surface area (Å²) in [5.41, 5.74) is 27.7. The number of aryl methyl sites for hydroxylation is 12. The van der Waals surface area contributed by atoms with E-state index in [0.717, 1.165) is 51.4 Å². The van der Waals surface area contributed by atoms with Gasteiger partial charge in [0.25, 0.3) is 0 Å². The lowest BCUT2D eigenvalue weighted by molar-refractivity contribution is 1.14. The molecule has 0 atom stereocenters. The molecular formula is C84H88. The minimum atomic E-state index is 1.01. The molecule has 0 aliphatic carbocycles. The summed E-state index contributed by atoms with van der Waals surface area (Å²) in [6.07, 6.45) is 8.40. The van der Waals surface area contributed by atoms with Crippen LogP contribution in [0.4, 0.5) is 0 Å². The largest absolute Gasteiger partial charge is 0.0614 e. The van der Waals surface area contributed by atoms with Crippen molar-refractivity contribution in [2.75, 3.05) is 0 Å². The van der Waals surface area contributed by atoms with Crippen molar-refractivity contribution in [3.8, 4) is 0 Å². The first-order valence-electron chi connectivity index (χ1n) is 30.9. The molecule has 0 bridgehead atoms. The number of hydrogen-bond donors (Lipinski definition) is 0. The highest BCUT2D eigenvalue weighted by Gasteiger charge is 2.09. The number of fused-ring (bicyclic) bond motifs is 4. The highest BCUT2D eigenvalue weighted by Crippen LogP contribution is 2.29. The molecule has 0 N–H and O–H groups in total. The van der Waals surface area contributed by atoms with Gasteiger partial charge >= 0.3 is 0 Å². The molecular weight excluding hydrogens is 1010 g/mol. The maximum Gasteiger partial charge on any atom is -0.00193 e. The van der Waals surface area contributed by atoms with Gasteiger partial charge in [-0.05, 0) is 217 Å². The van der Waals surface area contributed by atoms with E-state index in [0.29, 0.717) is 0 Å². The van der Waals surface area contributed by atoms with Crippen LogP contribution in [0.25, 0.3) is 43.1 Å². The number of benzene rings is 12. The Balaban J connectivity index is 0.000000134. The van der Waals surface area contributed by atoms with E-state index in [4.69, 9.17) is 0 Å². The predicted molar refractivity (Wildman–Crippen MR) is 368 cm³/mol. The SMILES string of the molecule is CCc1ccc2ccc(Cc3cc(C)cc(C)c3)cc2c1.CCc1cccc2cc(Cc3cc(C)cc(C)c3)ccc12.CCc1cccc2ccc(Cc3cc(C)cc(C)c3)cc12.CCc1cccc2cccc(Cc3cc(C)cc(C)c3)c12. The summed E-state index contributed by atoms with van der Waals surface area (Å²) in [6, 6.07) is 81.3. The first-order valence-corrected chi connectivity index (χ1v) is 30.9. The van der Waals surface area contributed by atoms with Crippen LogP contribution in [0.1, 0.15) is 139 Å². The lowest BCUT2D eigenvalue weighted by Gasteiger charge is -2.12. The van der Waals surface area contributed by atoms with Crippen LogP contribution in [-0.2, 0) is 51.4 Å². The van der Waals surface area contributed by atoms with Gasteiger partial charge in [-0.25, -0.2) is 0 Å². The molecule has 0 amide bonds. The molecule has 0 aromatic heterocycles. The van der Waals surface area contributed by atoms with Gasteiger partial charge in [0, 0.05) is 0 Å². The van der Waals surface area contributed by atoms with Crippen LogP contribution in [-0.4, -0.2) is 0 Å². The Kier molecular flexibility index (Phi) is 20.3. The molecule has 0 nitrogen and oxygen atoms in total. The highest BCUT2D eigenvalue weighted by molar-refractivity contribution is 5.90. The second kappa shape index (κ2) is 28.3. The second-order valence-electron chi connectivity index (χ2n) is 24.0. The quantitative estimate of drug-likeness (QED) is 0.114. The van der Waals surface area contributed by atoms with Crippen LogP contribution < -0.4 is 0 Å². The lowest BCUT2D eigenvalue weighted by Crippen LogP contribution is -1.94. The summed E-state index contributed by atoms with van der Waals surface area (Å²) in [6.45, 7) is 26.3. The van der Waals surface area contributed by atoms with E-state index >= 15 is 0 Å². The number of rotatable bonds is 12. The zero-order valence-corrected chi connectivity index (χ0v) is 52.4. The second-order valence-corrected chi connectivity index (χ2v) is 24.0. The maximum absolute atomic E-state index is 2.37. The fraction of sp³-hybridized carbons (Fsp3) is 0.238. The molecule has 0 unspecified atom stereocenters. The monoisotopic (exact) mass is 1100 g/mol. The molecule has 0 aliphatic heterocycles. The Morgan fingerprint density at radius 1 is 0.202 bits per heavy atom. The molecule has 12 aromatic carbocycles. The van der Waals surface area contributed by atoms with E-state index in [1.54, 1.807) is 0 Å². The summed E-state index contributed by atoms with van der Waals surface area (Å²) >= 11 is 0. The Hall–Kier alpha value is -8.32. The molecule has 0 heterocycles. The van der Waals surface area contributed by atoms with Gasteiger partial charge < -0.3 is 0 Å². The molecule has 0 saturated heterocycles. The van der Waals surface area contributed by atoms with Gasteiger partial charge in [0.1, 0.15) is 0 Å². The van der Waals surface area contributed by atoms with Crippen molar-refractivity contribution in [3.63, 3.8) is 0 Å². The molecule has 0 spiro atoms. The predicted octanol–water partition coefficient (Wildman–Crippen LogP) is 22.4. The molecule has 424 valence electrons. The van der Waals surface area contributed by atoms with E-state index in [2.05, 4.69) is 301 Å². The van der Waals surface area contributed by atoms with Crippen molar-refractivity contribution >= 4 is 43.1 Å². The summed E-state index contributed by atoms with van der Waals surface area (Å²) < 4.78 is 0. The van der Waals surface area contributed by atoms with E-state index in [9.17, 15) is 0 Å². The molecule has 84 heavy (non-hydrogen) atoms. The Morgan fingerprint density at radius 3 is 1.01 bits per heavy atom. The minimum absolute atomic E-state index is 1.01. The fourth-order valence-corrected chi connectivity index (χ4v) is 12.9. The standard InChI is InChI=1S/4C21H22/c1-4-17-5-7-20-8-6-18(14-21(20)13-17)12-19-10-15(2)9-16(3)11-19;1-4-18-7-5-8-19-9-6-10-20(21(18)19)14-17-12-15(2)11-16(3)13-17;1-4-19-6-5-7-20-14-17(8-9-21(19)20)13-18-11-15(2)10-16(3)12-18;1-4-19-6-5-7-20-9-8-17(14-21(19)20)13-18-11-15(2)10-16(3)12-18/h5-11,13-14H,4,12H2,1-3H3;5-13H,4,14H2,1-3H3;2*5-12,14H,4,13H2,1-3H3. The van der Waals surface area contributed by atoms with Crippen LogP contribution in [0.5, 0.6) is 0 Å². The highest BCUT2D eigenvalue weighted by atomic mass is 14.1. The topological polar surface area (TPSA) is 0 Å². The van der Waals surface area contributed by atoms with Crippen LogP contribution >= 0.6 is 0 Å². The van der Waals surface area contributed by atoms with Crippen LogP contribution in [0.15, 0.2) is 218 Å². The van der Waals surface area contributed by atoms with Crippen molar-refractivity contribution in [1.82, 2.24) is 0 Å². The summed E-state index contributed by atoms with van der Waals surface area (Å²) in [7, 11) is 0. The van der Waals surface area contributed by atoms with E-state index in [1.165, 1.54) is 154 Å². The van der Waals surface area contributed by atoms with Crippen molar-refractivity contribution in [3.05, 3.63) is 330 Å². The normalized spacial score (nSPS) is 11.0. The molecule has 0 aliphatic rings. The zero-order chi connectivity index (χ0) is 59.3. The van der Waals surface area contributed by atoms with Gasteiger partial charge in [-0.1, -0.05) is 291 Å². The van der Waals surface area contributed by atoms with Crippen molar-refractivity contribution in [2.45, 2.75) is 134 Å². The van der Waals surface area contributed by atoms with Gasteiger partial charge in [0.15, 0.2) is 0 Å². The lowest BCUT2D eigenvalue weighted by atomic mass is 9.93. The van der Waals surface area contributed by atoms with E-state index in [1.807, 2.05) is 0 Å². The van der Waals surface area contributed by atoms with E-state index in [-0.39, 0.29) is 0 Å². The van der Waals surface area contributed by atoms with Gasteiger partial charge in [0.05, 0.1) is 0 Å². The molecule has 0 heteroatoms. The molecule has 0 radical (unpaired) electrons. The van der Waals surface area contributed by atoms with Crippen LogP contribution in [0.2, 0.25) is 0 Å². The van der Waals surface area contributed by atoms with Crippen molar-refractivity contribution < 1.29 is 0 Å². The summed E-state index contributed by atoms with van der Waals surface area (Å²) in [5, 5.41) is 11.0. The van der Waals surface area contributed by atoms with Gasteiger partial charge in [-0.2, -0.15) is 0 Å². The Bertz CT molecular complexity index is 4070. The first kappa shape index (κ1) is 60.3. The molecule has 12 aromatic rings. The van der Waals surface area contributed by atoms with Crippen LogP contribution in [0, 0.1) is 55.4 Å². The Morgan fingerprint density at radius 2 is 0.548 bits per heavy atom. The summed E-state index contributed by atoms with van der Waals surface area (Å²) in [5.74, 6) is 0. The van der Waals surface area contributed by atoms with E-state index < -0.39 is 0 Å². The number of hydrogen-bond acceptors (Lipinski definition) is 0. The molecule has 0 saturated carbocycles. The third-order valence-corrected chi connectivity index (χ3v) is 16.4. The minimum Gasteiger partial charge on any atom is -0.0614 e. The first-order chi connectivity index (χ1) is 40.6. The smallest absolute Gasteiger partial charge is 0.00193 e. The van der Waals surface area contributed by atoms with Gasteiger partial charge in [-0.15, -0.1) is 0 Å². The maximum atomic E-state index is 2.37. The van der Waals surface area contributed by atoms with Gasteiger partial charge in [-0.3, -0.25) is 0 Å². The third kappa shape index (κ3) is 16.1. The fourth-order valence-electron chi connectivity index (χ4n) is 12.9. The average molecular weight is 1100 g/mol. The average Bonchev–Trinajstić information content (AvgIpc) is 3.58. The molecule has 0 fully saturated rings. The Labute approximate surface area is 504 Å². The van der Waals surface area contributed by atoms with Crippen LogP contribution in [0.3, 0.4) is 0 Å². The van der Waals surface area contributed by atoms with Crippen molar-refractivity contribution in [2.24, 2.45) is 0 Å². The van der Waals surface area contributed by atoms with Gasteiger partial charge in [0.2, 0.25) is 0 Å². The van der Waals surface area contributed by atoms with Crippen molar-refractivity contribution in [1.29, 1.82) is 0 Å². The zero-order valence-electron chi connectivity index (χ0n) is 52.4.